The van der Waals surface area contributed by atoms with Crippen molar-refractivity contribution >= 4 is 0 Å². The fraction of sp³-hybridized carbons (Fsp3) is 1.00. The van der Waals surface area contributed by atoms with Crippen LogP contribution in [0.4, 0.5) is 0 Å². The lowest BCUT2D eigenvalue weighted by Gasteiger charge is -2.24. The van der Waals surface area contributed by atoms with Crippen LogP contribution in [-0.2, 0) is 9.47 Å². The van der Waals surface area contributed by atoms with Gasteiger partial charge in [-0.05, 0) is 26.2 Å². The van der Waals surface area contributed by atoms with Crippen molar-refractivity contribution in [3.05, 3.63) is 0 Å². The lowest BCUT2D eigenvalue weighted by molar-refractivity contribution is -0.178. The van der Waals surface area contributed by atoms with Crippen LogP contribution in [-0.4, -0.2) is 18.0 Å². The van der Waals surface area contributed by atoms with Crippen molar-refractivity contribution in [2.45, 2.75) is 65.0 Å². The zero-order valence-electron chi connectivity index (χ0n) is 8.59. The van der Waals surface area contributed by atoms with Gasteiger partial charge in [0.2, 0.25) is 0 Å². The first-order valence-corrected chi connectivity index (χ1v) is 5.03. The summed E-state index contributed by atoms with van der Waals surface area (Å²) in [5.41, 5.74) is 0. The van der Waals surface area contributed by atoms with Crippen molar-refractivity contribution in [1.82, 2.24) is 0 Å². The van der Waals surface area contributed by atoms with Crippen molar-refractivity contribution in [2.24, 2.45) is 0 Å². The first-order valence-electron chi connectivity index (χ1n) is 5.03. The highest BCUT2D eigenvalue weighted by molar-refractivity contribution is 4.81. The molecule has 0 amide bonds. The van der Waals surface area contributed by atoms with Gasteiger partial charge in [-0.15, -0.1) is 0 Å². The van der Waals surface area contributed by atoms with E-state index in [-0.39, 0.29) is 11.9 Å². The third kappa shape index (κ3) is 1.64. The Balaban J connectivity index is 2.61. The Morgan fingerprint density at radius 3 is 1.92 bits per heavy atom. The van der Waals surface area contributed by atoms with E-state index in [4.69, 9.17) is 9.47 Å². The Morgan fingerprint density at radius 2 is 1.67 bits per heavy atom. The molecular formula is C10H20O2. The van der Waals surface area contributed by atoms with Gasteiger partial charge >= 0.3 is 0 Å². The van der Waals surface area contributed by atoms with Crippen molar-refractivity contribution < 1.29 is 9.47 Å². The second-order valence-electron chi connectivity index (χ2n) is 3.51. The quantitative estimate of drug-likeness (QED) is 0.651. The van der Waals surface area contributed by atoms with Crippen molar-refractivity contribution in [2.75, 3.05) is 0 Å². The van der Waals surface area contributed by atoms with Crippen LogP contribution in [0.1, 0.15) is 47.0 Å². The Bertz CT molecular complexity index is 141. The maximum absolute atomic E-state index is 5.89. The molecule has 2 heteroatoms. The highest BCUT2D eigenvalue weighted by Gasteiger charge is 2.42. The largest absolute Gasteiger partial charge is 0.344 e. The van der Waals surface area contributed by atoms with Gasteiger partial charge in [-0.3, -0.25) is 0 Å². The van der Waals surface area contributed by atoms with Crippen LogP contribution in [0.25, 0.3) is 0 Å². The molecule has 0 spiro atoms. The molecule has 2 atom stereocenters. The van der Waals surface area contributed by atoms with Crippen LogP contribution >= 0.6 is 0 Å². The monoisotopic (exact) mass is 172 g/mol. The summed E-state index contributed by atoms with van der Waals surface area (Å²) in [6, 6.07) is 0. The summed E-state index contributed by atoms with van der Waals surface area (Å²) in [4.78, 5) is 0. The fourth-order valence-electron chi connectivity index (χ4n) is 1.81. The van der Waals surface area contributed by atoms with Gasteiger partial charge in [-0.25, -0.2) is 0 Å². The molecular weight excluding hydrogens is 152 g/mol. The molecule has 0 aromatic rings. The first kappa shape index (κ1) is 10.0. The molecule has 0 aromatic carbocycles. The summed E-state index contributed by atoms with van der Waals surface area (Å²) in [5.74, 6) is -0.278. The van der Waals surface area contributed by atoms with Crippen LogP contribution in [0.5, 0.6) is 0 Å². The maximum Gasteiger partial charge on any atom is 0.168 e. The Labute approximate surface area is 75.2 Å². The molecule has 2 nitrogen and oxygen atoms in total. The van der Waals surface area contributed by atoms with Crippen LogP contribution in [0.15, 0.2) is 0 Å². The molecule has 0 aromatic heterocycles. The van der Waals surface area contributed by atoms with Crippen LogP contribution in [0.3, 0.4) is 0 Å². The molecule has 72 valence electrons. The summed E-state index contributed by atoms with van der Waals surface area (Å²) in [6.45, 7) is 8.48. The number of rotatable bonds is 3. The van der Waals surface area contributed by atoms with E-state index in [2.05, 4.69) is 27.7 Å². The van der Waals surface area contributed by atoms with Crippen LogP contribution in [0, 0.1) is 0 Å². The Morgan fingerprint density at radius 1 is 1.08 bits per heavy atom. The lowest BCUT2D eigenvalue weighted by Crippen LogP contribution is -2.28. The highest BCUT2D eigenvalue weighted by Crippen LogP contribution is 2.35. The first-order chi connectivity index (χ1) is 5.67. The molecule has 0 bridgehead atoms. The second-order valence-corrected chi connectivity index (χ2v) is 3.51. The zero-order chi connectivity index (χ0) is 9.19. The van der Waals surface area contributed by atoms with E-state index < -0.39 is 0 Å². The summed E-state index contributed by atoms with van der Waals surface area (Å²) in [5, 5.41) is 0. The summed E-state index contributed by atoms with van der Waals surface area (Å²) in [7, 11) is 0. The SMILES string of the molecule is CCC1OC(CC)(CC)OC1C. The van der Waals surface area contributed by atoms with Gasteiger partial charge < -0.3 is 9.47 Å². The molecule has 1 aliphatic rings. The van der Waals surface area contributed by atoms with Crippen molar-refractivity contribution in [1.29, 1.82) is 0 Å². The predicted octanol–water partition coefficient (Wildman–Crippen LogP) is 2.72. The molecule has 12 heavy (non-hydrogen) atoms. The molecule has 1 fully saturated rings. The van der Waals surface area contributed by atoms with Gasteiger partial charge in [0, 0.05) is 0 Å². The van der Waals surface area contributed by atoms with Gasteiger partial charge in [0.25, 0.3) is 0 Å². The molecule has 1 aliphatic heterocycles. The van der Waals surface area contributed by atoms with E-state index in [1.54, 1.807) is 0 Å². The molecule has 1 rings (SSSR count). The van der Waals surface area contributed by atoms with Crippen LogP contribution < -0.4 is 0 Å². The predicted molar refractivity (Wildman–Crippen MR) is 49.0 cm³/mol. The standard InChI is InChI=1S/C10H20O2/c1-5-9-8(4)11-10(6-2,7-3)12-9/h8-9H,5-7H2,1-4H3. The average molecular weight is 172 g/mol. The lowest BCUT2D eigenvalue weighted by atomic mass is 10.1. The summed E-state index contributed by atoms with van der Waals surface area (Å²) in [6.07, 6.45) is 3.50. The zero-order valence-corrected chi connectivity index (χ0v) is 8.59. The van der Waals surface area contributed by atoms with Gasteiger partial charge in [0.15, 0.2) is 5.79 Å². The van der Waals surface area contributed by atoms with Crippen molar-refractivity contribution in [3.63, 3.8) is 0 Å². The normalized spacial score (nSPS) is 34.0. The second kappa shape index (κ2) is 3.75. The minimum Gasteiger partial charge on any atom is -0.344 e. The van der Waals surface area contributed by atoms with E-state index in [9.17, 15) is 0 Å². The number of hydrogen-bond donors (Lipinski definition) is 0. The summed E-state index contributed by atoms with van der Waals surface area (Å²) < 4.78 is 11.7. The van der Waals surface area contributed by atoms with Crippen LogP contribution in [0.2, 0.25) is 0 Å². The molecule has 0 N–H and O–H groups in total. The van der Waals surface area contributed by atoms with E-state index in [0.29, 0.717) is 6.10 Å². The molecule has 0 saturated carbocycles. The number of hydrogen-bond acceptors (Lipinski definition) is 2. The number of ether oxygens (including phenoxy) is 2. The average Bonchev–Trinajstić information content (AvgIpc) is 2.43. The van der Waals surface area contributed by atoms with E-state index in [0.717, 1.165) is 19.3 Å². The fourth-order valence-corrected chi connectivity index (χ4v) is 1.81. The summed E-state index contributed by atoms with van der Waals surface area (Å²) >= 11 is 0. The van der Waals surface area contributed by atoms with E-state index in [1.165, 1.54) is 0 Å². The molecule has 0 radical (unpaired) electrons. The van der Waals surface area contributed by atoms with Gasteiger partial charge in [0.05, 0.1) is 12.2 Å². The van der Waals surface area contributed by atoms with E-state index in [1.807, 2.05) is 0 Å². The third-order valence-electron chi connectivity index (χ3n) is 2.77. The van der Waals surface area contributed by atoms with Gasteiger partial charge in [-0.1, -0.05) is 20.8 Å². The van der Waals surface area contributed by atoms with Gasteiger partial charge in [0.1, 0.15) is 0 Å². The topological polar surface area (TPSA) is 18.5 Å². The highest BCUT2D eigenvalue weighted by atomic mass is 16.8. The van der Waals surface area contributed by atoms with Gasteiger partial charge in [-0.2, -0.15) is 0 Å². The maximum atomic E-state index is 5.89. The minimum absolute atomic E-state index is 0.259. The third-order valence-corrected chi connectivity index (χ3v) is 2.77. The minimum atomic E-state index is -0.278. The Kier molecular flexibility index (Phi) is 3.13. The molecule has 0 aliphatic carbocycles. The Hall–Kier alpha value is -0.0800. The van der Waals surface area contributed by atoms with E-state index >= 15 is 0 Å². The molecule has 1 saturated heterocycles. The molecule has 1 heterocycles. The smallest absolute Gasteiger partial charge is 0.168 e. The van der Waals surface area contributed by atoms with Crippen molar-refractivity contribution in [3.8, 4) is 0 Å². The molecule has 2 unspecified atom stereocenters.